The lowest BCUT2D eigenvalue weighted by Crippen LogP contribution is -2.52. The highest BCUT2D eigenvalue weighted by molar-refractivity contribution is 7.92. The van der Waals surface area contributed by atoms with Crippen LogP contribution in [0, 0.1) is 0 Å². The van der Waals surface area contributed by atoms with Crippen LogP contribution in [-0.4, -0.2) is 62.1 Å². The third-order valence-corrected chi connectivity index (χ3v) is 6.70. The lowest BCUT2D eigenvalue weighted by Gasteiger charge is -2.33. The van der Waals surface area contributed by atoms with Gasteiger partial charge in [0.2, 0.25) is 10.0 Å². The molecule has 1 N–H and O–H groups in total. The summed E-state index contributed by atoms with van der Waals surface area (Å²) >= 11 is 0. The van der Waals surface area contributed by atoms with Gasteiger partial charge in [-0.05, 0) is 6.42 Å². The largest absolute Gasteiger partial charge is 0.481 e. The first-order valence-corrected chi connectivity index (χ1v) is 9.53. The summed E-state index contributed by atoms with van der Waals surface area (Å²) < 4.78 is 48.3. The van der Waals surface area contributed by atoms with Crippen LogP contribution in [0.2, 0.25) is 0 Å². The molecule has 0 amide bonds. The zero-order chi connectivity index (χ0) is 14.7. The van der Waals surface area contributed by atoms with Gasteiger partial charge in [-0.3, -0.25) is 4.79 Å². The number of sulfone groups is 1. The topological polar surface area (TPSA) is 109 Å². The molecule has 1 unspecified atom stereocenters. The van der Waals surface area contributed by atoms with Crippen molar-refractivity contribution in [1.29, 1.82) is 0 Å². The zero-order valence-electron chi connectivity index (χ0n) is 10.8. The van der Waals surface area contributed by atoms with E-state index < -0.39 is 44.0 Å². The van der Waals surface area contributed by atoms with Gasteiger partial charge in [0.25, 0.3) is 0 Å². The van der Waals surface area contributed by atoms with Crippen molar-refractivity contribution in [2.24, 2.45) is 0 Å². The van der Waals surface area contributed by atoms with Crippen molar-refractivity contribution in [3.8, 4) is 0 Å². The molecule has 1 aliphatic heterocycles. The number of aliphatic carboxylic acids is 1. The average molecular weight is 313 g/mol. The molecule has 7 nitrogen and oxygen atoms in total. The molecule has 0 aliphatic carbocycles. The fourth-order valence-electron chi connectivity index (χ4n) is 2.04. The van der Waals surface area contributed by atoms with Crippen LogP contribution >= 0.6 is 0 Å². The van der Waals surface area contributed by atoms with Crippen molar-refractivity contribution in [1.82, 2.24) is 4.31 Å². The standard InChI is InChI=1S/C10H19NO6S2/c1-2-3-5-19(16,17)11-4-6-18(14,15)8-9(11)7-10(12)13/h9H,2-8H2,1H3,(H,12,13). The maximum absolute atomic E-state index is 12.1. The second-order valence-corrected chi connectivity index (χ2v) is 8.92. The Kier molecular flexibility index (Phi) is 5.34. The first-order chi connectivity index (χ1) is 8.68. The second kappa shape index (κ2) is 6.19. The van der Waals surface area contributed by atoms with Crippen molar-refractivity contribution in [3.63, 3.8) is 0 Å². The maximum atomic E-state index is 12.1. The van der Waals surface area contributed by atoms with Crippen LogP contribution in [0.4, 0.5) is 0 Å². The van der Waals surface area contributed by atoms with Crippen molar-refractivity contribution in [2.75, 3.05) is 23.8 Å². The van der Waals surface area contributed by atoms with E-state index in [1.54, 1.807) is 0 Å². The molecule has 0 saturated carbocycles. The van der Waals surface area contributed by atoms with E-state index in [4.69, 9.17) is 5.11 Å². The summed E-state index contributed by atoms with van der Waals surface area (Å²) in [5.74, 6) is -1.92. The Labute approximate surface area is 113 Å². The first-order valence-electron chi connectivity index (χ1n) is 6.09. The molecule has 0 aromatic rings. The number of carboxylic acid groups (broad SMARTS) is 1. The molecule has 0 aromatic carbocycles. The molecule has 19 heavy (non-hydrogen) atoms. The Bertz CT molecular complexity index is 524. The Morgan fingerprint density at radius 1 is 1.42 bits per heavy atom. The lowest BCUT2D eigenvalue weighted by atomic mass is 10.2. The van der Waals surface area contributed by atoms with Crippen LogP contribution in [0.1, 0.15) is 26.2 Å². The molecular formula is C10H19NO6S2. The molecule has 1 heterocycles. The van der Waals surface area contributed by atoms with Gasteiger partial charge in [0.05, 0.1) is 23.7 Å². The molecule has 1 fully saturated rings. The minimum Gasteiger partial charge on any atom is -0.481 e. The highest BCUT2D eigenvalue weighted by Crippen LogP contribution is 2.20. The van der Waals surface area contributed by atoms with E-state index >= 15 is 0 Å². The van der Waals surface area contributed by atoms with E-state index in [1.165, 1.54) is 0 Å². The summed E-state index contributed by atoms with van der Waals surface area (Å²) in [7, 11) is -6.95. The van der Waals surface area contributed by atoms with E-state index in [0.29, 0.717) is 12.8 Å². The third kappa shape index (κ3) is 4.73. The normalized spacial score (nSPS) is 24.2. The van der Waals surface area contributed by atoms with Gasteiger partial charge in [-0.2, -0.15) is 4.31 Å². The predicted molar refractivity (Wildman–Crippen MR) is 70.1 cm³/mol. The number of carbonyl (C=O) groups is 1. The van der Waals surface area contributed by atoms with Crippen LogP contribution in [0.5, 0.6) is 0 Å². The summed E-state index contributed by atoms with van der Waals surface area (Å²) in [4.78, 5) is 10.7. The molecule has 1 aliphatic rings. The first kappa shape index (κ1) is 16.4. The number of hydrogen-bond acceptors (Lipinski definition) is 5. The van der Waals surface area contributed by atoms with Gasteiger partial charge in [0, 0.05) is 12.6 Å². The number of nitrogens with zero attached hydrogens (tertiary/aromatic N) is 1. The van der Waals surface area contributed by atoms with Gasteiger partial charge in [-0.1, -0.05) is 13.3 Å². The average Bonchev–Trinajstić information content (AvgIpc) is 2.24. The van der Waals surface area contributed by atoms with E-state index in [9.17, 15) is 21.6 Å². The van der Waals surface area contributed by atoms with Crippen LogP contribution in [0.25, 0.3) is 0 Å². The quantitative estimate of drug-likeness (QED) is 0.720. The fourth-order valence-corrected chi connectivity index (χ4v) is 5.64. The van der Waals surface area contributed by atoms with Crippen molar-refractivity contribution in [2.45, 2.75) is 32.2 Å². The Morgan fingerprint density at radius 2 is 2.05 bits per heavy atom. The smallest absolute Gasteiger partial charge is 0.305 e. The molecule has 0 radical (unpaired) electrons. The van der Waals surface area contributed by atoms with Crippen LogP contribution < -0.4 is 0 Å². The summed E-state index contributed by atoms with van der Waals surface area (Å²) in [6.07, 6.45) is 0.699. The number of unbranched alkanes of at least 4 members (excludes halogenated alkanes) is 1. The van der Waals surface area contributed by atoms with Gasteiger partial charge in [0.15, 0.2) is 9.84 Å². The molecule has 1 atom stereocenters. The predicted octanol–water partition coefficient (Wildman–Crippen LogP) is -0.310. The number of rotatable bonds is 6. The van der Waals surface area contributed by atoms with E-state index in [1.807, 2.05) is 6.92 Å². The van der Waals surface area contributed by atoms with Gasteiger partial charge < -0.3 is 5.11 Å². The van der Waals surface area contributed by atoms with Gasteiger partial charge in [-0.25, -0.2) is 16.8 Å². The molecule has 0 aromatic heterocycles. The highest BCUT2D eigenvalue weighted by Gasteiger charge is 2.38. The van der Waals surface area contributed by atoms with Gasteiger partial charge in [-0.15, -0.1) is 0 Å². The van der Waals surface area contributed by atoms with Crippen molar-refractivity contribution < 1.29 is 26.7 Å². The molecule has 9 heteroatoms. The number of hydrogen-bond donors (Lipinski definition) is 1. The van der Waals surface area contributed by atoms with Gasteiger partial charge >= 0.3 is 5.97 Å². The zero-order valence-corrected chi connectivity index (χ0v) is 12.4. The minimum absolute atomic E-state index is 0.0698. The minimum atomic E-state index is -3.58. The van der Waals surface area contributed by atoms with Crippen LogP contribution in [0.3, 0.4) is 0 Å². The monoisotopic (exact) mass is 313 g/mol. The van der Waals surface area contributed by atoms with E-state index in [-0.39, 0.29) is 18.1 Å². The molecule has 0 spiro atoms. The Balaban J connectivity index is 2.93. The molecule has 112 valence electrons. The fraction of sp³-hybridized carbons (Fsp3) is 0.900. The Morgan fingerprint density at radius 3 is 2.58 bits per heavy atom. The van der Waals surface area contributed by atoms with Crippen molar-refractivity contribution >= 4 is 25.8 Å². The van der Waals surface area contributed by atoms with Crippen LogP contribution in [-0.2, 0) is 24.7 Å². The van der Waals surface area contributed by atoms with Crippen molar-refractivity contribution in [3.05, 3.63) is 0 Å². The van der Waals surface area contributed by atoms with Gasteiger partial charge in [0.1, 0.15) is 0 Å². The molecule has 0 bridgehead atoms. The molecule has 1 saturated heterocycles. The summed E-state index contributed by atoms with van der Waals surface area (Å²) in [6.45, 7) is 1.71. The summed E-state index contributed by atoms with van der Waals surface area (Å²) in [5.41, 5.74) is 0. The third-order valence-electron chi connectivity index (χ3n) is 3.00. The number of carboxylic acids is 1. The SMILES string of the molecule is CCCCS(=O)(=O)N1CCS(=O)(=O)CC1CC(=O)O. The summed E-state index contributed by atoms with van der Waals surface area (Å²) in [5, 5.41) is 8.78. The molecule has 1 rings (SSSR count). The molecular weight excluding hydrogens is 294 g/mol. The summed E-state index contributed by atoms with van der Waals surface area (Å²) in [6, 6.07) is -0.988. The maximum Gasteiger partial charge on any atom is 0.305 e. The van der Waals surface area contributed by atoms with E-state index in [2.05, 4.69) is 0 Å². The van der Waals surface area contributed by atoms with Crippen LogP contribution in [0.15, 0.2) is 0 Å². The number of sulfonamides is 1. The highest BCUT2D eigenvalue weighted by atomic mass is 32.2. The Hall–Kier alpha value is -0.670. The van der Waals surface area contributed by atoms with E-state index in [0.717, 1.165) is 4.31 Å². The lowest BCUT2D eigenvalue weighted by molar-refractivity contribution is -0.137. The second-order valence-electron chi connectivity index (χ2n) is 4.65.